The number of nitrogens with one attached hydrogen (secondary N) is 1. The highest BCUT2D eigenvalue weighted by molar-refractivity contribution is 5.99. The lowest BCUT2D eigenvalue weighted by Gasteiger charge is -2.35. The van der Waals surface area contributed by atoms with Crippen molar-refractivity contribution in [3.63, 3.8) is 0 Å². The number of carbonyl (C=O) groups excluding carboxylic acids is 1. The van der Waals surface area contributed by atoms with Gasteiger partial charge in [-0.05, 0) is 31.4 Å². The molecule has 0 spiro atoms. The van der Waals surface area contributed by atoms with Gasteiger partial charge in [-0.3, -0.25) is 4.79 Å². The van der Waals surface area contributed by atoms with Crippen LogP contribution in [0.5, 0.6) is 0 Å². The molecule has 3 heteroatoms. The highest BCUT2D eigenvalue weighted by Gasteiger charge is 2.28. The van der Waals surface area contributed by atoms with E-state index in [0.29, 0.717) is 0 Å². The summed E-state index contributed by atoms with van der Waals surface area (Å²) >= 11 is 0. The highest BCUT2D eigenvalue weighted by Crippen LogP contribution is 2.26. The third-order valence-electron chi connectivity index (χ3n) is 3.83. The van der Waals surface area contributed by atoms with Crippen LogP contribution < -0.4 is 5.32 Å². The summed E-state index contributed by atoms with van der Waals surface area (Å²) < 4.78 is 0. The summed E-state index contributed by atoms with van der Waals surface area (Å²) in [6, 6.07) is 6.08. The van der Waals surface area contributed by atoms with Crippen LogP contribution in [-0.2, 0) is 0 Å². The molecular formula is C16H26N2O. The Morgan fingerprint density at radius 3 is 2.37 bits per heavy atom. The molecule has 0 aliphatic rings. The van der Waals surface area contributed by atoms with Crippen LogP contribution >= 0.6 is 0 Å². The van der Waals surface area contributed by atoms with Gasteiger partial charge in [0.15, 0.2) is 0 Å². The summed E-state index contributed by atoms with van der Waals surface area (Å²) in [6.07, 6.45) is 0. The standard InChI is InChI=1S/C16H26N2O/c1-11-8-9-14(17-6)13(10-11)15(19)18(7)12(2)16(3,4)5/h8-10,12,17H,1-7H3. The van der Waals surface area contributed by atoms with Gasteiger partial charge in [0, 0.05) is 25.8 Å². The van der Waals surface area contributed by atoms with Crippen LogP contribution in [0.15, 0.2) is 18.2 Å². The Morgan fingerprint density at radius 1 is 1.32 bits per heavy atom. The number of nitrogens with zero attached hydrogens (tertiary/aromatic N) is 1. The normalized spacial score (nSPS) is 13.0. The number of benzene rings is 1. The Kier molecular flexibility index (Phi) is 4.61. The van der Waals surface area contributed by atoms with Gasteiger partial charge in [0.1, 0.15) is 0 Å². The summed E-state index contributed by atoms with van der Waals surface area (Å²) in [5.74, 6) is 0.0653. The van der Waals surface area contributed by atoms with Crippen molar-refractivity contribution in [1.29, 1.82) is 0 Å². The molecule has 1 aromatic rings. The Labute approximate surface area is 117 Å². The molecule has 106 valence electrons. The molecule has 0 heterocycles. The smallest absolute Gasteiger partial charge is 0.255 e. The van der Waals surface area contributed by atoms with E-state index < -0.39 is 0 Å². The number of amides is 1. The zero-order chi connectivity index (χ0) is 14.8. The van der Waals surface area contributed by atoms with E-state index in [1.54, 1.807) is 0 Å². The quantitative estimate of drug-likeness (QED) is 0.903. The summed E-state index contributed by atoms with van der Waals surface area (Å²) in [5.41, 5.74) is 2.78. The maximum absolute atomic E-state index is 12.7. The summed E-state index contributed by atoms with van der Waals surface area (Å²) in [5, 5.41) is 3.09. The number of rotatable bonds is 3. The molecule has 0 aliphatic carbocycles. The molecule has 3 nitrogen and oxygen atoms in total. The molecular weight excluding hydrogens is 236 g/mol. The Morgan fingerprint density at radius 2 is 1.89 bits per heavy atom. The lowest BCUT2D eigenvalue weighted by molar-refractivity contribution is 0.0630. The first-order chi connectivity index (χ1) is 8.68. The van der Waals surface area contributed by atoms with Crippen LogP contribution in [0, 0.1) is 12.3 Å². The Hall–Kier alpha value is -1.51. The SMILES string of the molecule is CNc1ccc(C)cc1C(=O)N(C)C(C)C(C)(C)C. The van der Waals surface area contributed by atoms with Crippen molar-refractivity contribution in [2.75, 3.05) is 19.4 Å². The number of hydrogen-bond acceptors (Lipinski definition) is 2. The van der Waals surface area contributed by atoms with Crippen molar-refractivity contribution in [2.45, 2.75) is 40.7 Å². The van der Waals surface area contributed by atoms with Crippen molar-refractivity contribution in [3.05, 3.63) is 29.3 Å². The predicted molar refractivity (Wildman–Crippen MR) is 81.7 cm³/mol. The van der Waals surface area contributed by atoms with Gasteiger partial charge < -0.3 is 10.2 Å². The van der Waals surface area contributed by atoms with Gasteiger partial charge in [-0.25, -0.2) is 0 Å². The molecule has 1 atom stereocenters. The van der Waals surface area contributed by atoms with Crippen molar-refractivity contribution in [1.82, 2.24) is 4.90 Å². The van der Waals surface area contributed by atoms with Gasteiger partial charge in [0.25, 0.3) is 5.91 Å². The fourth-order valence-corrected chi connectivity index (χ4v) is 2.00. The fraction of sp³-hybridized carbons (Fsp3) is 0.562. The number of anilines is 1. The first-order valence-corrected chi connectivity index (χ1v) is 6.74. The maximum atomic E-state index is 12.7. The third-order valence-corrected chi connectivity index (χ3v) is 3.83. The maximum Gasteiger partial charge on any atom is 0.255 e. The van der Waals surface area contributed by atoms with E-state index in [1.807, 2.05) is 44.1 Å². The Balaban J connectivity index is 3.10. The van der Waals surface area contributed by atoms with Gasteiger partial charge in [0.2, 0.25) is 0 Å². The molecule has 1 amide bonds. The van der Waals surface area contributed by atoms with Gasteiger partial charge in [-0.1, -0.05) is 32.4 Å². The van der Waals surface area contributed by atoms with Gasteiger partial charge in [0.05, 0.1) is 5.56 Å². The highest BCUT2D eigenvalue weighted by atomic mass is 16.2. The topological polar surface area (TPSA) is 32.3 Å². The van der Waals surface area contributed by atoms with Gasteiger partial charge in [-0.15, -0.1) is 0 Å². The largest absolute Gasteiger partial charge is 0.387 e. The molecule has 0 saturated heterocycles. The molecule has 0 radical (unpaired) electrons. The molecule has 0 bridgehead atoms. The van der Waals surface area contributed by atoms with E-state index in [1.165, 1.54) is 0 Å². The molecule has 0 aliphatic heterocycles. The van der Waals surface area contributed by atoms with Crippen molar-refractivity contribution in [2.24, 2.45) is 5.41 Å². The summed E-state index contributed by atoms with van der Waals surface area (Å²) in [6.45, 7) is 10.5. The molecule has 1 unspecified atom stereocenters. The molecule has 1 aromatic carbocycles. The van der Waals surface area contributed by atoms with Crippen molar-refractivity contribution in [3.8, 4) is 0 Å². The van der Waals surface area contributed by atoms with Crippen molar-refractivity contribution >= 4 is 11.6 Å². The fourth-order valence-electron chi connectivity index (χ4n) is 2.00. The Bertz CT molecular complexity index is 460. The molecule has 1 N–H and O–H groups in total. The molecule has 19 heavy (non-hydrogen) atoms. The van der Waals surface area contributed by atoms with Crippen LogP contribution in [0.25, 0.3) is 0 Å². The second kappa shape index (κ2) is 5.64. The first kappa shape index (κ1) is 15.5. The van der Waals surface area contributed by atoms with E-state index in [9.17, 15) is 4.79 Å². The van der Waals surface area contributed by atoms with Crippen LogP contribution in [0.3, 0.4) is 0 Å². The molecule has 0 fully saturated rings. The van der Waals surface area contributed by atoms with E-state index in [-0.39, 0.29) is 17.4 Å². The third kappa shape index (κ3) is 3.49. The number of hydrogen-bond donors (Lipinski definition) is 1. The van der Waals surface area contributed by atoms with Crippen LogP contribution in [0.2, 0.25) is 0 Å². The number of aryl methyl sites for hydroxylation is 1. The molecule has 0 aromatic heterocycles. The molecule has 0 saturated carbocycles. The zero-order valence-electron chi connectivity index (χ0n) is 13.2. The monoisotopic (exact) mass is 262 g/mol. The zero-order valence-corrected chi connectivity index (χ0v) is 13.2. The second-order valence-electron chi connectivity index (χ2n) is 6.26. The average Bonchev–Trinajstić information content (AvgIpc) is 2.34. The predicted octanol–water partition coefficient (Wildman–Crippen LogP) is 3.54. The minimum Gasteiger partial charge on any atom is -0.387 e. The van der Waals surface area contributed by atoms with E-state index in [2.05, 4.69) is 33.0 Å². The lowest BCUT2D eigenvalue weighted by Crippen LogP contribution is -2.43. The average molecular weight is 262 g/mol. The minimum absolute atomic E-state index is 0.0635. The van der Waals surface area contributed by atoms with Crippen LogP contribution in [0.4, 0.5) is 5.69 Å². The van der Waals surface area contributed by atoms with E-state index in [4.69, 9.17) is 0 Å². The van der Waals surface area contributed by atoms with Crippen molar-refractivity contribution < 1.29 is 4.79 Å². The van der Waals surface area contributed by atoms with E-state index >= 15 is 0 Å². The minimum atomic E-state index is 0.0635. The lowest BCUT2D eigenvalue weighted by atomic mass is 9.87. The first-order valence-electron chi connectivity index (χ1n) is 6.74. The van der Waals surface area contributed by atoms with Crippen LogP contribution in [-0.4, -0.2) is 30.9 Å². The summed E-state index contributed by atoms with van der Waals surface area (Å²) in [4.78, 5) is 14.5. The number of carbonyl (C=O) groups is 1. The van der Waals surface area contributed by atoms with E-state index in [0.717, 1.165) is 16.8 Å². The van der Waals surface area contributed by atoms with Gasteiger partial charge >= 0.3 is 0 Å². The second-order valence-corrected chi connectivity index (χ2v) is 6.26. The van der Waals surface area contributed by atoms with Gasteiger partial charge in [-0.2, -0.15) is 0 Å². The molecule has 1 rings (SSSR count). The van der Waals surface area contributed by atoms with Crippen LogP contribution in [0.1, 0.15) is 43.6 Å². The summed E-state index contributed by atoms with van der Waals surface area (Å²) in [7, 11) is 3.72.